The van der Waals surface area contributed by atoms with Gasteiger partial charge >= 0.3 is 5.97 Å². The van der Waals surface area contributed by atoms with E-state index in [4.69, 9.17) is 5.11 Å². The SMILES string of the molecule is CCCCNC(=O)CCn1nccc1C(=O)O. The van der Waals surface area contributed by atoms with E-state index in [1.54, 1.807) is 0 Å². The Bertz CT molecular complexity index is 387. The van der Waals surface area contributed by atoms with Gasteiger partial charge in [-0.3, -0.25) is 9.48 Å². The normalized spacial score (nSPS) is 10.2. The topological polar surface area (TPSA) is 84.2 Å². The first-order chi connectivity index (χ1) is 8.15. The summed E-state index contributed by atoms with van der Waals surface area (Å²) in [5.74, 6) is -1.11. The third kappa shape index (κ3) is 4.26. The van der Waals surface area contributed by atoms with Crippen LogP contribution in [0, 0.1) is 0 Å². The summed E-state index contributed by atoms with van der Waals surface area (Å²) in [6, 6.07) is 1.41. The second-order valence-corrected chi connectivity index (χ2v) is 3.70. The number of amides is 1. The van der Waals surface area contributed by atoms with Gasteiger partial charge in [-0.1, -0.05) is 13.3 Å². The number of carboxylic acids is 1. The maximum atomic E-state index is 11.4. The highest BCUT2D eigenvalue weighted by atomic mass is 16.4. The van der Waals surface area contributed by atoms with Crippen molar-refractivity contribution >= 4 is 11.9 Å². The molecule has 6 heteroatoms. The van der Waals surface area contributed by atoms with Gasteiger partial charge in [-0.15, -0.1) is 0 Å². The lowest BCUT2D eigenvalue weighted by atomic mass is 10.3. The van der Waals surface area contributed by atoms with Gasteiger partial charge in [0.2, 0.25) is 5.91 Å². The number of nitrogens with one attached hydrogen (secondary N) is 1. The molecule has 0 saturated carbocycles. The van der Waals surface area contributed by atoms with Crippen molar-refractivity contribution in [2.24, 2.45) is 0 Å². The van der Waals surface area contributed by atoms with Gasteiger partial charge in [-0.05, 0) is 12.5 Å². The first kappa shape index (κ1) is 13.2. The number of carboxylic acid groups (broad SMARTS) is 1. The van der Waals surface area contributed by atoms with Crippen LogP contribution in [-0.2, 0) is 11.3 Å². The number of nitrogens with zero attached hydrogens (tertiary/aromatic N) is 2. The van der Waals surface area contributed by atoms with Crippen molar-refractivity contribution < 1.29 is 14.7 Å². The molecule has 1 aromatic rings. The Kier molecular flexibility index (Phi) is 5.19. The fourth-order valence-corrected chi connectivity index (χ4v) is 1.39. The van der Waals surface area contributed by atoms with Crippen molar-refractivity contribution in [3.63, 3.8) is 0 Å². The third-order valence-electron chi connectivity index (χ3n) is 2.34. The number of rotatable bonds is 7. The largest absolute Gasteiger partial charge is 0.477 e. The molecular formula is C11H17N3O3. The third-order valence-corrected chi connectivity index (χ3v) is 2.34. The van der Waals surface area contributed by atoms with Crippen LogP contribution in [0.2, 0.25) is 0 Å². The molecule has 0 unspecified atom stereocenters. The molecular weight excluding hydrogens is 222 g/mol. The molecule has 0 saturated heterocycles. The molecule has 1 heterocycles. The van der Waals surface area contributed by atoms with Crippen LogP contribution < -0.4 is 5.32 Å². The smallest absolute Gasteiger partial charge is 0.354 e. The van der Waals surface area contributed by atoms with Crippen molar-refractivity contribution in [1.29, 1.82) is 0 Å². The van der Waals surface area contributed by atoms with Crippen LogP contribution >= 0.6 is 0 Å². The zero-order valence-electron chi connectivity index (χ0n) is 9.85. The average molecular weight is 239 g/mol. The Balaban J connectivity index is 2.37. The number of carbonyl (C=O) groups excluding carboxylic acids is 1. The maximum absolute atomic E-state index is 11.4. The molecule has 0 bridgehead atoms. The second-order valence-electron chi connectivity index (χ2n) is 3.70. The minimum atomic E-state index is -1.03. The van der Waals surface area contributed by atoms with Gasteiger partial charge in [-0.2, -0.15) is 5.10 Å². The number of hydrogen-bond donors (Lipinski definition) is 2. The van der Waals surface area contributed by atoms with E-state index in [1.807, 2.05) is 0 Å². The summed E-state index contributed by atoms with van der Waals surface area (Å²) in [6.45, 7) is 3.00. The quantitative estimate of drug-likeness (QED) is 0.692. The van der Waals surface area contributed by atoms with E-state index >= 15 is 0 Å². The second kappa shape index (κ2) is 6.67. The monoisotopic (exact) mass is 239 g/mol. The van der Waals surface area contributed by atoms with E-state index in [0.717, 1.165) is 12.8 Å². The van der Waals surface area contributed by atoms with Crippen molar-refractivity contribution in [2.45, 2.75) is 32.7 Å². The van der Waals surface area contributed by atoms with Gasteiger partial charge < -0.3 is 10.4 Å². The molecule has 1 amide bonds. The Morgan fingerprint density at radius 1 is 1.53 bits per heavy atom. The molecule has 0 aliphatic rings. The molecule has 1 rings (SSSR count). The van der Waals surface area contributed by atoms with Crippen molar-refractivity contribution in [3.05, 3.63) is 18.0 Å². The summed E-state index contributed by atoms with van der Waals surface area (Å²) < 4.78 is 1.32. The number of unbranched alkanes of at least 4 members (excludes halogenated alkanes) is 1. The lowest BCUT2D eigenvalue weighted by Crippen LogP contribution is -2.26. The zero-order valence-corrected chi connectivity index (χ0v) is 9.85. The molecule has 94 valence electrons. The first-order valence-corrected chi connectivity index (χ1v) is 5.67. The summed E-state index contributed by atoms with van der Waals surface area (Å²) in [7, 11) is 0. The number of aromatic nitrogens is 2. The van der Waals surface area contributed by atoms with Crippen molar-refractivity contribution in [1.82, 2.24) is 15.1 Å². The van der Waals surface area contributed by atoms with Crippen LogP contribution in [0.5, 0.6) is 0 Å². The average Bonchev–Trinajstić information content (AvgIpc) is 2.75. The Morgan fingerprint density at radius 2 is 2.29 bits per heavy atom. The van der Waals surface area contributed by atoms with Crippen LogP contribution in [-0.4, -0.2) is 33.3 Å². The van der Waals surface area contributed by atoms with Crippen LogP contribution in [0.25, 0.3) is 0 Å². The summed E-state index contributed by atoms with van der Waals surface area (Å²) in [6.07, 6.45) is 3.64. The van der Waals surface area contributed by atoms with Gasteiger partial charge in [0.25, 0.3) is 0 Å². The number of aromatic carboxylic acids is 1. The molecule has 0 fully saturated rings. The molecule has 17 heavy (non-hydrogen) atoms. The van der Waals surface area contributed by atoms with Crippen LogP contribution in [0.3, 0.4) is 0 Å². The van der Waals surface area contributed by atoms with Gasteiger partial charge in [0, 0.05) is 19.2 Å². The molecule has 0 aliphatic heterocycles. The minimum Gasteiger partial charge on any atom is -0.477 e. The van der Waals surface area contributed by atoms with E-state index < -0.39 is 5.97 Å². The van der Waals surface area contributed by atoms with E-state index in [9.17, 15) is 9.59 Å². The molecule has 2 N–H and O–H groups in total. The summed E-state index contributed by atoms with van der Waals surface area (Å²) >= 11 is 0. The molecule has 0 radical (unpaired) electrons. The highest BCUT2D eigenvalue weighted by Gasteiger charge is 2.10. The predicted molar refractivity (Wildman–Crippen MR) is 61.7 cm³/mol. The van der Waals surface area contributed by atoms with Gasteiger partial charge in [0.15, 0.2) is 0 Å². The molecule has 0 spiro atoms. The van der Waals surface area contributed by atoms with Crippen molar-refractivity contribution in [2.75, 3.05) is 6.54 Å². The summed E-state index contributed by atoms with van der Waals surface area (Å²) in [5.41, 5.74) is 0.103. The summed E-state index contributed by atoms with van der Waals surface area (Å²) in [4.78, 5) is 22.2. The first-order valence-electron chi connectivity index (χ1n) is 5.67. The molecule has 0 atom stereocenters. The Morgan fingerprint density at radius 3 is 2.94 bits per heavy atom. The fourth-order valence-electron chi connectivity index (χ4n) is 1.39. The standard InChI is InChI=1S/C11H17N3O3/c1-2-3-6-12-10(15)5-8-14-9(11(16)17)4-7-13-14/h4,7H,2-3,5-6,8H2,1H3,(H,12,15)(H,16,17). The predicted octanol–water partition coefficient (Wildman–Crippen LogP) is 0.888. The number of hydrogen-bond acceptors (Lipinski definition) is 3. The lowest BCUT2D eigenvalue weighted by molar-refractivity contribution is -0.121. The highest BCUT2D eigenvalue weighted by molar-refractivity contribution is 5.85. The van der Waals surface area contributed by atoms with Gasteiger partial charge in [-0.25, -0.2) is 4.79 Å². The highest BCUT2D eigenvalue weighted by Crippen LogP contribution is 2.00. The van der Waals surface area contributed by atoms with E-state index in [0.29, 0.717) is 6.54 Å². The van der Waals surface area contributed by atoms with E-state index in [-0.39, 0.29) is 24.6 Å². The molecule has 1 aromatic heterocycles. The van der Waals surface area contributed by atoms with Crippen LogP contribution in [0.4, 0.5) is 0 Å². The van der Waals surface area contributed by atoms with Gasteiger partial charge in [0.1, 0.15) is 5.69 Å². The molecule has 0 aliphatic carbocycles. The number of aryl methyl sites for hydroxylation is 1. The minimum absolute atomic E-state index is 0.0784. The van der Waals surface area contributed by atoms with E-state index in [1.165, 1.54) is 16.9 Å². The van der Waals surface area contributed by atoms with Crippen molar-refractivity contribution in [3.8, 4) is 0 Å². The Hall–Kier alpha value is -1.85. The molecule has 6 nitrogen and oxygen atoms in total. The van der Waals surface area contributed by atoms with Crippen LogP contribution in [0.1, 0.15) is 36.7 Å². The summed E-state index contributed by atoms with van der Waals surface area (Å²) in [5, 5.41) is 15.5. The number of carbonyl (C=O) groups is 2. The van der Waals surface area contributed by atoms with E-state index in [2.05, 4.69) is 17.3 Å². The maximum Gasteiger partial charge on any atom is 0.354 e. The lowest BCUT2D eigenvalue weighted by Gasteiger charge is -2.05. The Labute approximate surface area is 99.6 Å². The molecule has 0 aromatic carbocycles. The van der Waals surface area contributed by atoms with Crippen LogP contribution in [0.15, 0.2) is 12.3 Å². The fraction of sp³-hybridized carbons (Fsp3) is 0.545. The van der Waals surface area contributed by atoms with Gasteiger partial charge in [0.05, 0.1) is 6.54 Å². The zero-order chi connectivity index (χ0) is 12.7.